The summed E-state index contributed by atoms with van der Waals surface area (Å²) in [5.74, 6) is 0.199. The molecular formula is C9H15N3O2. The Labute approximate surface area is 82.9 Å². The lowest BCUT2D eigenvalue weighted by Crippen LogP contribution is -2.28. The van der Waals surface area contributed by atoms with Gasteiger partial charge in [0, 0.05) is 6.20 Å². The summed E-state index contributed by atoms with van der Waals surface area (Å²) in [6, 6.07) is 0. The van der Waals surface area contributed by atoms with E-state index in [1.54, 1.807) is 17.1 Å². The second kappa shape index (κ2) is 3.69. The summed E-state index contributed by atoms with van der Waals surface area (Å²) in [6.07, 6.45) is 3.60. The van der Waals surface area contributed by atoms with Crippen molar-refractivity contribution in [2.24, 2.45) is 0 Å². The molecule has 14 heavy (non-hydrogen) atoms. The topological polar surface area (TPSA) is 70.1 Å². The second-order valence-electron chi connectivity index (χ2n) is 3.77. The van der Waals surface area contributed by atoms with Crippen LogP contribution in [0, 0.1) is 0 Å². The molecule has 0 saturated heterocycles. The van der Waals surface area contributed by atoms with Crippen LogP contribution in [0.25, 0.3) is 0 Å². The predicted octanol–water partition coefficient (Wildman–Crippen LogP) is 0.763. The second-order valence-corrected chi connectivity index (χ2v) is 3.77. The van der Waals surface area contributed by atoms with Crippen LogP contribution in [0.1, 0.15) is 20.3 Å². The van der Waals surface area contributed by atoms with Crippen molar-refractivity contribution in [2.75, 3.05) is 12.8 Å². The van der Waals surface area contributed by atoms with Crippen molar-refractivity contribution >= 4 is 11.8 Å². The molecule has 0 amide bonds. The van der Waals surface area contributed by atoms with E-state index in [1.807, 2.05) is 13.8 Å². The van der Waals surface area contributed by atoms with E-state index in [9.17, 15) is 4.79 Å². The number of hydrogen-bond donors (Lipinski definition) is 1. The predicted molar refractivity (Wildman–Crippen MR) is 52.6 cm³/mol. The first-order valence-corrected chi connectivity index (χ1v) is 4.32. The molecule has 5 nitrogen and oxygen atoms in total. The van der Waals surface area contributed by atoms with Crippen LogP contribution in [0.2, 0.25) is 0 Å². The summed E-state index contributed by atoms with van der Waals surface area (Å²) < 4.78 is 6.42. The maximum Gasteiger partial charge on any atom is 0.307 e. The fraction of sp³-hybridized carbons (Fsp3) is 0.556. The van der Waals surface area contributed by atoms with Crippen LogP contribution in [0.4, 0.5) is 5.82 Å². The Bertz CT molecular complexity index is 331. The lowest BCUT2D eigenvalue weighted by molar-refractivity contribution is -0.142. The lowest BCUT2D eigenvalue weighted by Gasteiger charge is -2.24. The first-order valence-electron chi connectivity index (χ1n) is 4.32. The normalized spacial score (nSPS) is 11.4. The number of carbonyl (C=O) groups excluding carboxylic acids is 1. The Morgan fingerprint density at radius 3 is 2.79 bits per heavy atom. The van der Waals surface area contributed by atoms with Crippen LogP contribution in [0.15, 0.2) is 12.5 Å². The Morgan fingerprint density at radius 1 is 1.71 bits per heavy atom. The largest absolute Gasteiger partial charge is 0.469 e. The Hall–Kier alpha value is -1.52. The number of anilines is 1. The van der Waals surface area contributed by atoms with Gasteiger partial charge in [-0.1, -0.05) is 0 Å². The van der Waals surface area contributed by atoms with Crippen LogP contribution in [0.3, 0.4) is 0 Å². The summed E-state index contributed by atoms with van der Waals surface area (Å²) in [7, 11) is 1.38. The molecule has 1 heterocycles. The minimum atomic E-state index is -0.363. The van der Waals surface area contributed by atoms with Crippen LogP contribution in [-0.4, -0.2) is 22.6 Å². The van der Waals surface area contributed by atoms with Gasteiger partial charge in [-0.05, 0) is 13.8 Å². The number of nitrogen functional groups attached to an aromatic ring is 1. The van der Waals surface area contributed by atoms with Gasteiger partial charge in [0.2, 0.25) is 0 Å². The fourth-order valence-electron chi connectivity index (χ4n) is 1.19. The van der Waals surface area contributed by atoms with Gasteiger partial charge in [0.25, 0.3) is 0 Å². The SMILES string of the molecule is COC(=O)CC(C)(C)n1cnc(N)c1. The number of nitrogens with zero attached hydrogens (tertiary/aromatic N) is 2. The fourth-order valence-corrected chi connectivity index (χ4v) is 1.19. The molecule has 1 aromatic heterocycles. The molecule has 1 aromatic rings. The van der Waals surface area contributed by atoms with Crippen LogP contribution >= 0.6 is 0 Å². The Balaban J connectivity index is 2.79. The van der Waals surface area contributed by atoms with Crippen LogP contribution in [0.5, 0.6) is 0 Å². The molecule has 0 aliphatic rings. The smallest absolute Gasteiger partial charge is 0.307 e. The number of methoxy groups -OCH3 is 1. The Morgan fingerprint density at radius 2 is 2.36 bits per heavy atom. The molecule has 0 saturated carbocycles. The van der Waals surface area contributed by atoms with Crippen molar-refractivity contribution in [3.05, 3.63) is 12.5 Å². The number of ether oxygens (including phenoxy) is 1. The highest BCUT2D eigenvalue weighted by atomic mass is 16.5. The van der Waals surface area contributed by atoms with Gasteiger partial charge >= 0.3 is 5.97 Å². The highest BCUT2D eigenvalue weighted by molar-refractivity contribution is 5.70. The highest BCUT2D eigenvalue weighted by Crippen LogP contribution is 2.20. The van der Waals surface area contributed by atoms with E-state index in [-0.39, 0.29) is 11.5 Å². The minimum Gasteiger partial charge on any atom is -0.469 e. The van der Waals surface area contributed by atoms with E-state index in [2.05, 4.69) is 9.72 Å². The van der Waals surface area contributed by atoms with Gasteiger partial charge < -0.3 is 15.0 Å². The van der Waals surface area contributed by atoms with Crippen molar-refractivity contribution in [3.63, 3.8) is 0 Å². The van der Waals surface area contributed by atoms with E-state index < -0.39 is 0 Å². The van der Waals surface area contributed by atoms with E-state index in [0.29, 0.717) is 12.2 Å². The summed E-state index contributed by atoms with van der Waals surface area (Å²) in [6.45, 7) is 3.84. The van der Waals surface area contributed by atoms with Crippen LogP contribution < -0.4 is 5.73 Å². The highest BCUT2D eigenvalue weighted by Gasteiger charge is 2.24. The number of esters is 1. The number of nitrogens with two attached hydrogens (primary N) is 1. The van der Waals surface area contributed by atoms with Crippen LogP contribution in [-0.2, 0) is 15.1 Å². The third-order valence-electron chi connectivity index (χ3n) is 2.11. The quantitative estimate of drug-likeness (QED) is 0.726. The zero-order valence-electron chi connectivity index (χ0n) is 8.65. The molecular weight excluding hydrogens is 182 g/mol. The number of rotatable bonds is 3. The summed E-state index contributed by atoms with van der Waals surface area (Å²) in [4.78, 5) is 15.0. The molecule has 0 fully saturated rings. The summed E-state index contributed by atoms with van der Waals surface area (Å²) in [5.41, 5.74) is 5.13. The molecule has 2 N–H and O–H groups in total. The third-order valence-corrected chi connectivity index (χ3v) is 2.11. The van der Waals surface area contributed by atoms with E-state index >= 15 is 0 Å². The molecule has 0 aliphatic heterocycles. The minimum absolute atomic E-state index is 0.248. The van der Waals surface area contributed by atoms with Crippen molar-refractivity contribution in [3.8, 4) is 0 Å². The molecule has 0 aromatic carbocycles. The zero-order chi connectivity index (χ0) is 10.8. The average molecular weight is 197 g/mol. The molecule has 78 valence electrons. The van der Waals surface area contributed by atoms with E-state index in [0.717, 1.165) is 0 Å². The van der Waals surface area contributed by atoms with Gasteiger partial charge in [-0.25, -0.2) is 4.98 Å². The molecule has 0 spiro atoms. The Kier molecular flexibility index (Phi) is 2.78. The van der Waals surface area contributed by atoms with Gasteiger partial charge in [0.15, 0.2) is 0 Å². The standard InChI is InChI=1S/C9H15N3O2/c1-9(2,4-8(13)14-3)12-5-7(10)11-6-12/h5-6H,4,10H2,1-3H3. The van der Waals surface area contributed by atoms with Gasteiger partial charge in [-0.2, -0.15) is 0 Å². The van der Waals surface area contributed by atoms with Gasteiger partial charge in [-0.3, -0.25) is 4.79 Å². The number of carbonyl (C=O) groups is 1. The summed E-state index contributed by atoms with van der Waals surface area (Å²) >= 11 is 0. The first-order chi connectivity index (χ1) is 6.45. The average Bonchev–Trinajstić information content (AvgIpc) is 2.51. The lowest BCUT2D eigenvalue weighted by atomic mass is 10.0. The third kappa shape index (κ3) is 2.25. The van der Waals surface area contributed by atoms with Gasteiger partial charge in [-0.15, -0.1) is 0 Å². The number of hydrogen-bond acceptors (Lipinski definition) is 4. The zero-order valence-corrected chi connectivity index (χ0v) is 8.65. The first kappa shape index (κ1) is 10.6. The summed E-state index contributed by atoms with van der Waals surface area (Å²) in [5, 5.41) is 0. The molecule has 1 rings (SSSR count). The molecule has 5 heteroatoms. The molecule has 0 bridgehead atoms. The number of imidazole rings is 1. The van der Waals surface area contributed by atoms with Crippen molar-refractivity contribution in [1.29, 1.82) is 0 Å². The van der Waals surface area contributed by atoms with Crippen molar-refractivity contribution in [1.82, 2.24) is 9.55 Å². The maximum atomic E-state index is 11.1. The van der Waals surface area contributed by atoms with Crippen molar-refractivity contribution < 1.29 is 9.53 Å². The molecule has 0 atom stereocenters. The molecule has 0 unspecified atom stereocenters. The van der Waals surface area contributed by atoms with E-state index in [1.165, 1.54) is 7.11 Å². The maximum absolute atomic E-state index is 11.1. The van der Waals surface area contributed by atoms with Crippen molar-refractivity contribution in [2.45, 2.75) is 25.8 Å². The molecule has 0 radical (unpaired) electrons. The van der Waals surface area contributed by atoms with E-state index in [4.69, 9.17) is 5.73 Å². The molecule has 0 aliphatic carbocycles. The monoisotopic (exact) mass is 197 g/mol. The van der Waals surface area contributed by atoms with Gasteiger partial charge in [0.05, 0.1) is 25.4 Å². The van der Waals surface area contributed by atoms with Gasteiger partial charge in [0.1, 0.15) is 5.82 Å². The number of aromatic nitrogens is 2.